The van der Waals surface area contributed by atoms with Gasteiger partial charge in [-0.2, -0.15) is 0 Å². The van der Waals surface area contributed by atoms with Gasteiger partial charge in [-0.3, -0.25) is 0 Å². The Hall–Kier alpha value is -2.44. The Balaban J connectivity index is 2.06. The molecule has 0 atom stereocenters. The highest BCUT2D eigenvalue weighted by Gasteiger charge is 2.19. The monoisotopic (exact) mass is 330 g/mol. The van der Waals surface area contributed by atoms with Crippen LogP contribution in [0, 0.1) is 6.92 Å². The SMILES string of the molecule is C=CC(=O)Oc1cc(C[NH+]2CCOCC2)c2oc(=O)cc(C)c2c1. The number of carbonyl (C=O) groups is 1. The number of hydrogen-bond donors (Lipinski definition) is 1. The Morgan fingerprint density at radius 3 is 2.79 bits per heavy atom. The van der Waals surface area contributed by atoms with Crippen molar-refractivity contribution in [2.45, 2.75) is 13.5 Å². The van der Waals surface area contributed by atoms with Crippen LogP contribution in [-0.2, 0) is 16.1 Å². The number of esters is 1. The highest BCUT2D eigenvalue weighted by molar-refractivity contribution is 5.87. The maximum Gasteiger partial charge on any atom is 0.336 e. The number of fused-ring (bicyclic) bond motifs is 1. The van der Waals surface area contributed by atoms with Crippen molar-refractivity contribution in [2.24, 2.45) is 0 Å². The Bertz CT molecular complexity index is 833. The van der Waals surface area contributed by atoms with Crippen molar-refractivity contribution >= 4 is 16.9 Å². The number of hydrogen-bond acceptors (Lipinski definition) is 5. The van der Waals surface area contributed by atoms with E-state index in [2.05, 4.69) is 6.58 Å². The summed E-state index contributed by atoms with van der Waals surface area (Å²) in [6, 6.07) is 4.91. The van der Waals surface area contributed by atoms with E-state index in [0.717, 1.165) is 35.7 Å². The Kier molecular flexibility index (Phi) is 4.78. The number of quaternary nitrogens is 1. The molecule has 0 aliphatic carbocycles. The van der Waals surface area contributed by atoms with Crippen molar-refractivity contribution < 1.29 is 23.6 Å². The first kappa shape index (κ1) is 16.4. The molecule has 0 unspecified atom stereocenters. The molecule has 0 spiro atoms. The lowest BCUT2D eigenvalue weighted by Crippen LogP contribution is -3.12. The molecule has 0 amide bonds. The molecule has 1 aromatic carbocycles. The zero-order chi connectivity index (χ0) is 17.1. The molecule has 24 heavy (non-hydrogen) atoms. The minimum Gasteiger partial charge on any atom is -0.423 e. The second kappa shape index (κ2) is 6.98. The average molecular weight is 330 g/mol. The van der Waals surface area contributed by atoms with Crippen LogP contribution in [-0.4, -0.2) is 32.3 Å². The van der Waals surface area contributed by atoms with Crippen LogP contribution >= 0.6 is 0 Å². The maximum absolute atomic E-state index is 11.8. The lowest BCUT2D eigenvalue weighted by molar-refractivity contribution is -0.921. The predicted octanol–water partition coefficient (Wildman–Crippen LogP) is 0.608. The van der Waals surface area contributed by atoms with E-state index in [1.165, 1.54) is 11.0 Å². The van der Waals surface area contributed by atoms with Crippen LogP contribution in [0.5, 0.6) is 5.75 Å². The first-order valence-corrected chi connectivity index (χ1v) is 7.90. The van der Waals surface area contributed by atoms with Gasteiger partial charge in [0.25, 0.3) is 0 Å². The van der Waals surface area contributed by atoms with Crippen LogP contribution in [0.1, 0.15) is 11.1 Å². The van der Waals surface area contributed by atoms with Crippen LogP contribution in [0.15, 0.2) is 40.1 Å². The molecule has 0 bridgehead atoms. The molecule has 1 aliphatic rings. The van der Waals surface area contributed by atoms with E-state index in [1.54, 1.807) is 12.1 Å². The number of nitrogens with one attached hydrogen (secondary N) is 1. The lowest BCUT2D eigenvalue weighted by atomic mass is 10.1. The summed E-state index contributed by atoms with van der Waals surface area (Å²) >= 11 is 0. The number of benzene rings is 1. The number of aryl methyl sites for hydroxylation is 1. The number of rotatable bonds is 4. The van der Waals surface area contributed by atoms with Gasteiger partial charge in [-0.05, 0) is 24.6 Å². The van der Waals surface area contributed by atoms with Crippen molar-refractivity contribution in [3.05, 3.63) is 52.4 Å². The van der Waals surface area contributed by atoms with E-state index < -0.39 is 5.97 Å². The fraction of sp³-hybridized carbons (Fsp3) is 0.333. The number of carbonyl (C=O) groups excluding carboxylic acids is 1. The second-order valence-electron chi connectivity index (χ2n) is 5.87. The van der Waals surface area contributed by atoms with Crippen LogP contribution in [0.2, 0.25) is 0 Å². The Morgan fingerprint density at radius 2 is 2.08 bits per heavy atom. The maximum atomic E-state index is 11.8. The fourth-order valence-electron chi connectivity index (χ4n) is 2.91. The molecule has 3 rings (SSSR count). The van der Waals surface area contributed by atoms with Gasteiger partial charge in [0, 0.05) is 17.5 Å². The smallest absolute Gasteiger partial charge is 0.336 e. The van der Waals surface area contributed by atoms with Crippen LogP contribution < -0.4 is 15.3 Å². The van der Waals surface area contributed by atoms with Crippen LogP contribution in [0.25, 0.3) is 11.0 Å². The first-order valence-electron chi connectivity index (χ1n) is 7.90. The molecule has 1 fully saturated rings. The largest absolute Gasteiger partial charge is 0.423 e. The molecule has 126 valence electrons. The van der Waals surface area contributed by atoms with E-state index in [9.17, 15) is 9.59 Å². The lowest BCUT2D eigenvalue weighted by Gasteiger charge is -2.24. The van der Waals surface area contributed by atoms with Gasteiger partial charge in [-0.15, -0.1) is 0 Å². The molecule has 1 N–H and O–H groups in total. The quantitative estimate of drug-likeness (QED) is 0.385. The van der Waals surface area contributed by atoms with Crippen molar-refractivity contribution in [3.8, 4) is 5.75 Å². The van der Waals surface area contributed by atoms with E-state index in [1.807, 2.05) is 6.92 Å². The van der Waals surface area contributed by atoms with Crippen molar-refractivity contribution in [2.75, 3.05) is 26.3 Å². The van der Waals surface area contributed by atoms with Crippen LogP contribution in [0.3, 0.4) is 0 Å². The molecule has 0 radical (unpaired) electrons. The molecule has 1 aliphatic heterocycles. The molecular weight excluding hydrogens is 310 g/mol. The van der Waals surface area contributed by atoms with Crippen molar-refractivity contribution in [1.82, 2.24) is 0 Å². The summed E-state index contributed by atoms with van der Waals surface area (Å²) in [5.41, 5.74) is 1.81. The Labute approximate surface area is 139 Å². The number of morpholine rings is 1. The Morgan fingerprint density at radius 1 is 1.33 bits per heavy atom. The minimum atomic E-state index is -0.519. The number of ether oxygens (including phenoxy) is 2. The van der Waals surface area contributed by atoms with Gasteiger partial charge in [0.2, 0.25) is 0 Å². The summed E-state index contributed by atoms with van der Waals surface area (Å²) in [6.45, 7) is 9.11. The summed E-state index contributed by atoms with van der Waals surface area (Å²) in [5.74, 6) is -0.0962. The van der Waals surface area contributed by atoms with Crippen molar-refractivity contribution in [3.63, 3.8) is 0 Å². The zero-order valence-corrected chi connectivity index (χ0v) is 13.6. The van der Waals surface area contributed by atoms with Gasteiger partial charge in [0.05, 0.1) is 18.8 Å². The van der Waals surface area contributed by atoms with Gasteiger partial charge in [0.15, 0.2) is 0 Å². The highest BCUT2D eigenvalue weighted by Crippen LogP contribution is 2.26. The summed E-state index contributed by atoms with van der Waals surface area (Å²) in [7, 11) is 0. The van der Waals surface area contributed by atoms with E-state index >= 15 is 0 Å². The molecular formula is C18H20NO5+. The third-order valence-electron chi connectivity index (χ3n) is 4.13. The zero-order valence-electron chi connectivity index (χ0n) is 13.6. The summed E-state index contributed by atoms with van der Waals surface area (Å²) in [4.78, 5) is 24.6. The third-order valence-corrected chi connectivity index (χ3v) is 4.13. The van der Waals surface area contributed by atoms with Gasteiger partial charge < -0.3 is 18.8 Å². The van der Waals surface area contributed by atoms with Crippen LogP contribution in [0.4, 0.5) is 0 Å². The average Bonchev–Trinajstić information content (AvgIpc) is 2.56. The molecule has 6 nitrogen and oxygen atoms in total. The normalized spacial score (nSPS) is 15.4. The highest BCUT2D eigenvalue weighted by atomic mass is 16.5. The molecule has 0 saturated carbocycles. The standard InChI is InChI=1S/C18H19NO5/c1-3-16(20)23-14-9-13(11-19-4-6-22-7-5-19)18-15(10-14)12(2)8-17(21)24-18/h3,8-10H,1,4-7,11H2,2H3/p+1. The van der Waals surface area contributed by atoms with Crippen molar-refractivity contribution in [1.29, 1.82) is 0 Å². The first-order chi connectivity index (χ1) is 11.6. The van der Waals surface area contributed by atoms with Gasteiger partial charge in [-0.25, -0.2) is 9.59 Å². The molecule has 1 saturated heterocycles. The predicted molar refractivity (Wildman–Crippen MR) is 88.3 cm³/mol. The summed E-state index contributed by atoms with van der Waals surface area (Å²) < 4.78 is 16.1. The van der Waals surface area contributed by atoms with Gasteiger partial charge in [0.1, 0.15) is 31.0 Å². The van der Waals surface area contributed by atoms with Gasteiger partial charge >= 0.3 is 11.6 Å². The van der Waals surface area contributed by atoms with E-state index in [0.29, 0.717) is 31.1 Å². The molecule has 2 heterocycles. The molecule has 6 heteroatoms. The van der Waals surface area contributed by atoms with Gasteiger partial charge in [-0.1, -0.05) is 6.58 Å². The van der Waals surface area contributed by atoms with E-state index in [4.69, 9.17) is 13.9 Å². The third kappa shape index (κ3) is 3.55. The summed E-state index contributed by atoms with van der Waals surface area (Å²) in [5, 5.41) is 0.770. The molecule has 2 aromatic rings. The van der Waals surface area contributed by atoms with E-state index in [-0.39, 0.29) is 5.63 Å². The summed E-state index contributed by atoms with van der Waals surface area (Å²) in [6.07, 6.45) is 1.12. The second-order valence-corrected chi connectivity index (χ2v) is 5.87. The minimum absolute atomic E-state index is 0.380. The topological polar surface area (TPSA) is 70.2 Å². The fourth-order valence-corrected chi connectivity index (χ4v) is 2.91. The molecule has 1 aromatic heterocycles.